The molecule has 3 amide bonds. The molecule has 3 aliphatic heterocycles. The smallest absolute Gasteiger partial charge is 0.282 e. The van der Waals surface area contributed by atoms with Crippen molar-refractivity contribution in [3.8, 4) is 0 Å². The maximum absolute atomic E-state index is 13.7. The van der Waals surface area contributed by atoms with E-state index in [2.05, 4.69) is 5.32 Å². The number of likely N-dealkylation sites (tertiary alicyclic amines) is 2. The first-order valence-corrected chi connectivity index (χ1v) is 8.96. The number of hydrogen-bond acceptors (Lipinski definition) is 3. The molecule has 0 unspecified atom stereocenters. The van der Waals surface area contributed by atoms with Crippen LogP contribution in [0, 0.1) is 17.8 Å². The summed E-state index contributed by atoms with van der Waals surface area (Å²) in [5.41, 5.74) is 0.402. The molecule has 0 radical (unpaired) electrons. The maximum atomic E-state index is 13.7. The zero-order chi connectivity index (χ0) is 18.3. The van der Waals surface area contributed by atoms with Gasteiger partial charge in [-0.3, -0.25) is 14.4 Å². The van der Waals surface area contributed by atoms with E-state index in [1.54, 1.807) is 13.8 Å². The van der Waals surface area contributed by atoms with E-state index in [4.69, 9.17) is 0 Å². The van der Waals surface area contributed by atoms with Crippen molar-refractivity contribution < 1.29 is 18.8 Å². The number of piperidine rings is 1. The van der Waals surface area contributed by atoms with Crippen LogP contribution in [0.25, 0.3) is 0 Å². The number of amides is 3. The van der Waals surface area contributed by atoms with Crippen LogP contribution < -0.4 is 5.32 Å². The van der Waals surface area contributed by atoms with E-state index in [1.165, 1.54) is 4.90 Å². The second-order valence-electron chi connectivity index (χ2n) is 7.89. The molecule has 3 aliphatic rings. The highest BCUT2D eigenvalue weighted by Gasteiger charge is 2.45. The molecule has 0 aromatic carbocycles. The molecule has 3 saturated heterocycles. The van der Waals surface area contributed by atoms with Crippen LogP contribution in [-0.2, 0) is 14.4 Å². The van der Waals surface area contributed by atoms with Crippen LogP contribution in [0.3, 0.4) is 0 Å². The molecule has 7 heteroatoms. The summed E-state index contributed by atoms with van der Waals surface area (Å²) in [5, 5.41) is 2.84. The monoisotopic (exact) mass is 351 g/mol. The lowest BCUT2D eigenvalue weighted by Crippen LogP contribution is -2.63. The number of rotatable bonds is 3. The van der Waals surface area contributed by atoms with E-state index in [1.807, 2.05) is 11.8 Å². The standard InChI is InChI=1S/C18H26FN3O3/c1-10(2)16(19)18(25)22-8-14(9-22)13-6-21(7-13)17(24)12-4-11(3)20-15(23)5-12/h11-14H,4-9H2,1-3H3,(H,20,23)/t11-,12+/m1/s1. The van der Waals surface area contributed by atoms with Crippen LogP contribution in [0.15, 0.2) is 11.4 Å². The minimum Gasteiger partial charge on any atom is -0.354 e. The summed E-state index contributed by atoms with van der Waals surface area (Å²) in [6.07, 6.45) is 0.970. The number of nitrogens with zero attached hydrogens (tertiary/aromatic N) is 2. The van der Waals surface area contributed by atoms with E-state index < -0.39 is 11.7 Å². The molecule has 0 bridgehead atoms. The van der Waals surface area contributed by atoms with Crippen LogP contribution in [0.2, 0.25) is 0 Å². The predicted molar refractivity (Wildman–Crippen MR) is 90.0 cm³/mol. The number of hydrogen-bond donors (Lipinski definition) is 1. The van der Waals surface area contributed by atoms with Gasteiger partial charge in [0, 0.05) is 56.4 Å². The van der Waals surface area contributed by atoms with Gasteiger partial charge in [-0.1, -0.05) is 0 Å². The quantitative estimate of drug-likeness (QED) is 0.774. The maximum Gasteiger partial charge on any atom is 0.282 e. The molecule has 138 valence electrons. The van der Waals surface area contributed by atoms with Gasteiger partial charge in [-0.15, -0.1) is 0 Å². The molecule has 0 aromatic rings. The van der Waals surface area contributed by atoms with Crippen molar-refractivity contribution >= 4 is 17.7 Å². The van der Waals surface area contributed by atoms with Crippen LogP contribution in [0.4, 0.5) is 4.39 Å². The number of allylic oxidation sites excluding steroid dienone is 1. The van der Waals surface area contributed by atoms with Crippen LogP contribution in [0.5, 0.6) is 0 Å². The second-order valence-corrected chi connectivity index (χ2v) is 7.89. The van der Waals surface area contributed by atoms with Crippen LogP contribution >= 0.6 is 0 Å². The molecular weight excluding hydrogens is 325 g/mol. The zero-order valence-corrected chi connectivity index (χ0v) is 15.0. The van der Waals surface area contributed by atoms with Gasteiger partial charge in [-0.05, 0) is 32.8 Å². The Balaban J connectivity index is 1.43. The van der Waals surface area contributed by atoms with Gasteiger partial charge in [0.05, 0.1) is 0 Å². The molecular formula is C18H26FN3O3. The molecule has 0 spiro atoms. The van der Waals surface area contributed by atoms with E-state index in [-0.39, 0.29) is 30.2 Å². The molecule has 0 saturated carbocycles. The zero-order valence-electron chi connectivity index (χ0n) is 15.0. The fraction of sp³-hybridized carbons (Fsp3) is 0.722. The van der Waals surface area contributed by atoms with Gasteiger partial charge in [-0.2, -0.15) is 0 Å². The summed E-state index contributed by atoms with van der Waals surface area (Å²) in [6.45, 7) is 7.59. The van der Waals surface area contributed by atoms with Gasteiger partial charge < -0.3 is 15.1 Å². The highest BCUT2D eigenvalue weighted by molar-refractivity contribution is 5.92. The minimum atomic E-state index is -0.659. The topological polar surface area (TPSA) is 69.7 Å². The number of carbonyl (C=O) groups excluding carboxylic acids is 3. The normalized spacial score (nSPS) is 27.3. The molecule has 2 atom stereocenters. The third kappa shape index (κ3) is 3.55. The van der Waals surface area contributed by atoms with Gasteiger partial charge in [0.25, 0.3) is 5.91 Å². The van der Waals surface area contributed by atoms with Gasteiger partial charge in [0.2, 0.25) is 11.8 Å². The Bertz CT molecular complexity index is 617. The van der Waals surface area contributed by atoms with Gasteiger partial charge in [0.15, 0.2) is 5.83 Å². The average molecular weight is 351 g/mol. The Kier molecular flexibility index (Phi) is 4.84. The predicted octanol–water partition coefficient (Wildman–Crippen LogP) is 1.08. The van der Waals surface area contributed by atoms with Crippen molar-refractivity contribution in [3.05, 3.63) is 11.4 Å². The Hall–Kier alpha value is -1.92. The minimum absolute atomic E-state index is 0.0449. The lowest BCUT2D eigenvalue weighted by molar-refractivity contribution is -0.152. The van der Waals surface area contributed by atoms with Crippen LogP contribution in [-0.4, -0.2) is 59.7 Å². The van der Waals surface area contributed by atoms with Crippen molar-refractivity contribution in [3.63, 3.8) is 0 Å². The van der Waals surface area contributed by atoms with E-state index >= 15 is 0 Å². The molecule has 6 nitrogen and oxygen atoms in total. The fourth-order valence-electron chi connectivity index (χ4n) is 3.89. The number of halogens is 1. The highest BCUT2D eigenvalue weighted by atomic mass is 19.1. The third-order valence-electron chi connectivity index (χ3n) is 5.54. The number of carbonyl (C=O) groups is 3. The van der Waals surface area contributed by atoms with Crippen molar-refractivity contribution in [2.24, 2.45) is 17.8 Å². The first kappa shape index (κ1) is 17.9. The Morgan fingerprint density at radius 2 is 1.64 bits per heavy atom. The van der Waals surface area contributed by atoms with E-state index in [9.17, 15) is 18.8 Å². The largest absolute Gasteiger partial charge is 0.354 e. The molecule has 0 aromatic heterocycles. The average Bonchev–Trinajstić information content (AvgIpc) is 2.45. The molecule has 25 heavy (non-hydrogen) atoms. The number of nitrogens with one attached hydrogen (secondary N) is 1. The van der Waals surface area contributed by atoms with Gasteiger partial charge in [-0.25, -0.2) is 4.39 Å². The first-order chi connectivity index (χ1) is 11.8. The van der Waals surface area contributed by atoms with E-state index in [0.717, 1.165) is 0 Å². The Morgan fingerprint density at radius 1 is 1.08 bits per heavy atom. The highest BCUT2D eigenvalue weighted by Crippen LogP contribution is 2.34. The SMILES string of the molecule is CC(C)=C(F)C(=O)N1CC(C2CN(C(=O)[C@@H]3CC(=O)N[C@H](C)C3)C2)C1. The Labute approximate surface area is 147 Å². The van der Waals surface area contributed by atoms with Crippen molar-refractivity contribution in [2.75, 3.05) is 26.2 Å². The first-order valence-electron chi connectivity index (χ1n) is 8.96. The van der Waals surface area contributed by atoms with Gasteiger partial charge >= 0.3 is 0 Å². The molecule has 3 fully saturated rings. The molecule has 1 N–H and O–H groups in total. The fourth-order valence-corrected chi connectivity index (χ4v) is 3.89. The second kappa shape index (κ2) is 6.77. The molecule has 0 aliphatic carbocycles. The summed E-state index contributed by atoms with van der Waals surface area (Å²) in [7, 11) is 0. The lowest BCUT2D eigenvalue weighted by atomic mass is 9.79. The van der Waals surface area contributed by atoms with Crippen molar-refractivity contribution in [1.82, 2.24) is 15.1 Å². The van der Waals surface area contributed by atoms with Gasteiger partial charge in [0.1, 0.15) is 0 Å². The summed E-state index contributed by atoms with van der Waals surface area (Å²) in [6, 6.07) is 0.0449. The van der Waals surface area contributed by atoms with Crippen molar-refractivity contribution in [2.45, 2.75) is 39.7 Å². The van der Waals surface area contributed by atoms with Crippen LogP contribution in [0.1, 0.15) is 33.6 Å². The third-order valence-corrected chi connectivity index (χ3v) is 5.54. The summed E-state index contributed by atoms with van der Waals surface area (Å²) >= 11 is 0. The van der Waals surface area contributed by atoms with Crippen molar-refractivity contribution in [1.29, 1.82) is 0 Å². The summed E-state index contributed by atoms with van der Waals surface area (Å²) in [4.78, 5) is 39.3. The summed E-state index contributed by atoms with van der Waals surface area (Å²) < 4.78 is 13.7. The molecule has 3 rings (SSSR count). The Morgan fingerprint density at radius 3 is 2.16 bits per heavy atom. The summed E-state index contributed by atoms with van der Waals surface area (Å²) in [5.74, 6) is -0.663. The lowest BCUT2D eigenvalue weighted by Gasteiger charge is -2.51. The van der Waals surface area contributed by atoms with E-state index in [0.29, 0.717) is 50.0 Å². The molecule has 3 heterocycles.